The van der Waals surface area contributed by atoms with Gasteiger partial charge in [-0.3, -0.25) is 9.48 Å². The number of carbonyl (C=O) groups excluding carboxylic acids is 1. The Balaban J connectivity index is 1.43. The van der Waals surface area contributed by atoms with Crippen molar-refractivity contribution in [3.05, 3.63) is 42.1 Å². The van der Waals surface area contributed by atoms with E-state index in [1.54, 1.807) is 33.6 Å². The average Bonchev–Trinajstić information content (AvgIpc) is 3.53. The third-order valence-electron chi connectivity index (χ3n) is 6.04. The summed E-state index contributed by atoms with van der Waals surface area (Å²) in [6, 6.07) is 4.99. The van der Waals surface area contributed by atoms with Crippen molar-refractivity contribution in [1.82, 2.24) is 29.3 Å². The van der Waals surface area contributed by atoms with Crippen molar-refractivity contribution in [3.8, 4) is 11.6 Å². The van der Waals surface area contributed by atoms with Crippen LogP contribution in [0.25, 0.3) is 11.0 Å². The van der Waals surface area contributed by atoms with Crippen LogP contribution in [0.4, 0.5) is 22.0 Å². The van der Waals surface area contributed by atoms with E-state index in [0.717, 1.165) is 11.9 Å². The van der Waals surface area contributed by atoms with Crippen LogP contribution in [-0.2, 0) is 22.0 Å². The van der Waals surface area contributed by atoms with Crippen LogP contribution in [0, 0.1) is 5.82 Å². The predicted octanol–water partition coefficient (Wildman–Crippen LogP) is 4.45. The van der Waals surface area contributed by atoms with Crippen molar-refractivity contribution in [2.24, 2.45) is 7.05 Å². The van der Waals surface area contributed by atoms with Crippen LogP contribution < -0.4 is 15.4 Å². The number of imidazole rings is 1. The lowest BCUT2D eigenvalue weighted by molar-refractivity contribution is -0.114. The molecule has 0 radical (unpaired) electrons. The minimum absolute atomic E-state index is 0.0111. The molecule has 1 amide bonds. The molecule has 11 nitrogen and oxygen atoms in total. The Hall–Kier alpha value is -4.06. The number of ether oxygens (including phenoxy) is 2. The van der Waals surface area contributed by atoms with Crippen LogP contribution in [0.2, 0.25) is 0 Å². The first-order valence-electron chi connectivity index (χ1n) is 12.0. The van der Waals surface area contributed by atoms with Gasteiger partial charge in [-0.05, 0) is 12.5 Å². The van der Waals surface area contributed by atoms with Crippen LogP contribution >= 0.6 is 0 Å². The molecule has 1 aliphatic heterocycles. The molecule has 4 aromatic rings. The van der Waals surface area contributed by atoms with Crippen molar-refractivity contribution < 1.29 is 18.7 Å². The summed E-state index contributed by atoms with van der Waals surface area (Å²) >= 11 is 0. The molecule has 1 atom stereocenters. The summed E-state index contributed by atoms with van der Waals surface area (Å²) < 4.78 is 30.6. The van der Waals surface area contributed by atoms with Crippen molar-refractivity contribution in [3.63, 3.8) is 0 Å². The molecule has 12 heteroatoms. The van der Waals surface area contributed by atoms with Crippen molar-refractivity contribution in [2.45, 2.75) is 45.6 Å². The molecule has 37 heavy (non-hydrogen) atoms. The van der Waals surface area contributed by atoms with Crippen LogP contribution in [0.5, 0.6) is 11.6 Å². The molecule has 194 valence electrons. The van der Waals surface area contributed by atoms with Gasteiger partial charge in [0.15, 0.2) is 11.6 Å². The minimum atomic E-state index is -0.450. The van der Waals surface area contributed by atoms with E-state index < -0.39 is 11.2 Å². The van der Waals surface area contributed by atoms with Crippen molar-refractivity contribution >= 4 is 34.5 Å². The molecule has 2 N–H and O–H groups in total. The molecular weight excluding hydrogens is 479 g/mol. The summed E-state index contributed by atoms with van der Waals surface area (Å²) in [4.78, 5) is 24.3. The SMILES string of the molecule is CC(=O)Nc1cc(Oc2cc3c(cn2)nc(Nc2nn([C@@H]4CCOC4)c(C(C)(C)C)c2F)n3C)ccn1. The molecule has 1 saturated heterocycles. The summed E-state index contributed by atoms with van der Waals surface area (Å²) in [5.41, 5.74) is 1.40. The summed E-state index contributed by atoms with van der Waals surface area (Å²) in [5.74, 6) is 1.06. The molecule has 1 fully saturated rings. The lowest BCUT2D eigenvalue weighted by Crippen LogP contribution is -2.23. The minimum Gasteiger partial charge on any atom is -0.439 e. The number of anilines is 3. The Labute approximate surface area is 213 Å². The smallest absolute Gasteiger partial charge is 0.222 e. The highest BCUT2D eigenvalue weighted by atomic mass is 19.1. The highest BCUT2D eigenvalue weighted by Crippen LogP contribution is 2.35. The van der Waals surface area contributed by atoms with E-state index in [0.29, 0.717) is 47.8 Å². The fourth-order valence-corrected chi connectivity index (χ4v) is 4.34. The van der Waals surface area contributed by atoms with Gasteiger partial charge in [0.05, 0.1) is 30.1 Å². The average molecular weight is 509 g/mol. The lowest BCUT2D eigenvalue weighted by atomic mass is 9.91. The van der Waals surface area contributed by atoms with Gasteiger partial charge in [-0.25, -0.2) is 19.3 Å². The maximum Gasteiger partial charge on any atom is 0.222 e. The lowest BCUT2D eigenvalue weighted by Gasteiger charge is -2.22. The van der Waals surface area contributed by atoms with Gasteiger partial charge in [0.2, 0.25) is 17.7 Å². The number of aromatic nitrogens is 6. The number of hydrogen-bond acceptors (Lipinski definition) is 8. The standard InChI is InChI=1S/C25H29FN8O3/c1-14(35)29-19-10-16(6-8-27-19)37-20-11-18-17(12-28-20)30-24(33(18)5)31-23-21(26)22(25(2,3)4)34(32-23)15-7-9-36-13-15/h6,8,10-12,15H,7,9,13H2,1-5H3,(H,27,29,35)(H,30,31,32)/t15-/m1/s1. The van der Waals surface area contributed by atoms with Crippen molar-refractivity contribution in [2.75, 3.05) is 23.8 Å². The molecule has 0 unspecified atom stereocenters. The second kappa shape index (κ2) is 9.43. The number of nitrogens with one attached hydrogen (secondary N) is 2. The third kappa shape index (κ3) is 4.96. The monoisotopic (exact) mass is 508 g/mol. The van der Waals surface area contributed by atoms with Gasteiger partial charge in [0.25, 0.3) is 0 Å². The molecule has 5 heterocycles. The van der Waals surface area contributed by atoms with Crippen LogP contribution in [0.1, 0.15) is 45.9 Å². The predicted molar refractivity (Wildman–Crippen MR) is 136 cm³/mol. The molecule has 0 bridgehead atoms. The van der Waals surface area contributed by atoms with Gasteiger partial charge >= 0.3 is 0 Å². The van der Waals surface area contributed by atoms with Gasteiger partial charge < -0.3 is 24.7 Å². The normalized spacial score (nSPS) is 15.8. The zero-order chi connectivity index (χ0) is 26.3. The number of halogens is 1. The Morgan fingerprint density at radius 1 is 1.27 bits per heavy atom. The molecule has 5 rings (SSSR count). The van der Waals surface area contributed by atoms with E-state index in [1.165, 1.54) is 13.1 Å². The molecule has 0 aromatic carbocycles. The molecule has 1 aliphatic rings. The zero-order valence-corrected chi connectivity index (χ0v) is 21.4. The van der Waals surface area contributed by atoms with E-state index in [9.17, 15) is 4.79 Å². The second-order valence-corrected chi connectivity index (χ2v) is 10.0. The number of pyridine rings is 2. The number of aryl methyl sites for hydroxylation is 1. The number of hydrogen-bond donors (Lipinski definition) is 2. The first-order chi connectivity index (χ1) is 17.6. The van der Waals surface area contributed by atoms with E-state index in [2.05, 4.69) is 30.7 Å². The highest BCUT2D eigenvalue weighted by molar-refractivity contribution is 5.87. The summed E-state index contributed by atoms with van der Waals surface area (Å²) in [5, 5.41) is 10.3. The first kappa shape index (κ1) is 24.6. The maximum absolute atomic E-state index is 15.6. The molecular formula is C25H29FN8O3. The maximum atomic E-state index is 15.6. The topological polar surface area (TPSA) is 121 Å². The number of rotatable bonds is 6. The summed E-state index contributed by atoms with van der Waals surface area (Å²) in [7, 11) is 1.81. The number of nitrogens with zero attached hydrogens (tertiary/aromatic N) is 6. The largest absolute Gasteiger partial charge is 0.439 e. The van der Waals surface area contributed by atoms with Gasteiger partial charge in [-0.2, -0.15) is 5.10 Å². The second-order valence-electron chi connectivity index (χ2n) is 10.0. The highest BCUT2D eigenvalue weighted by Gasteiger charge is 2.33. The Morgan fingerprint density at radius 2 is 2.08 bits per heavy atom. The molecule has 0 spiro atoms. The van der Waals surface area contributed by atoms with Gasteiger partial charge in [-0.15, -0.1) is 0 Å². The quantitative estimate of drug-likeness (QED) is 0.392. The zero-order valence-electron chi connectivity index (χ0n) is 21.4. The van der Waals surface area contributed by atoms with E-state index in [-0.39, 0.29) is 17.8 Å². The van der Waals surface area contributed by atoms with Crippen molar-refractivity contribution in [1.29, 1.82) is 0 Å². The Kier molecular flexibility index (Phi) is 6.28. The Morgan fingerprint density at radius 3 is 2.78 bits per heavy atom. The van der Waals surface area contributed by atoms with Gasteiger partial charge in [0.1, 0.15) is 17.1 Å². The number of fused-ring (bicyclic) bond motifs is 1. The van der Waals surface area contributed by atoms with Crippen LogP contribution in [0.3, 0.4) is 0 Å². The molecule has 4 aromatic heterocycles. The van der Waals surface area contributed by atoms with Gasteiger partial charge in [-0.1, -0.05) is 20.8 Å². The Bertz CT molecular complexity index is 1470. The number of amides is 1. The summed E-state index contributed by atoms with van der Waals surface area (Å²) in [6.45, 7) is 8.44. The molecule has 0 saturated carbocycles. The van der Waals surface area contributed by atoms with Crippen LogP contribution in [0.15, 0.2) is 30.6 Å². The number of carbonyl (C=O) groups is 1. The van der Waals surface area contributed by atoms with E-state index >= 15 is 4.39 Å². The summed E-state index contributed by atoms with van der Waals surface area (Å²) in [6.07, 6.45) is 3.90. The first-order valence-corrected chi connectivity index (χ1v) is 12.0. The third-order valence-corrected chi connectivity index (χ3v) is 6.04. The fourth-order valence-electron chi connectivity index (χ4n) is 4.34. The van der Waals surface area contributed by atoms with Crippen LogP contribution in [-0.4, -0.2) is 48.4 Å². The van der Waals surface area contributed by atoms with Gasteiger partial charge in [0, 0.05) is 44.3 Å². The van der Waals surface area contributed by atoms with E-state index in [1.807, 2.05) is 27.8 Å². The van der Waals surface area contributed by atoms with E-state index in [4.69, 9.17) is 9.47 Å². The fraction of sp³-hybridized carbons (Fsp3) is 0.400. The molecule has 0 aliphatic carbocycles.